The fourth-order valence-corrected chi connectivity index (χ4v) is 2.07. The minimum Gasteiger partial charge on any atom is -0.481 e. The lowest BCUT2D eigenvalue weighted by atomic mass is 9.71. The van der Waals surface area contributed by atoms with Gasteiger partial charge in [0.25, 0.3) is 0 Å². The highest BCUT2D eigenvalue weighted by Gasteiger charge is 2.40. The van der Waals surface area contributed by atoms with Crippen molar-refractivity contribution in [1.82, 2.24) is 4.90 Å². The molecule has 18 heavy (non-hydrogen) atoms. The van der Waals surface area contributed by atoms with Gasteiger partial charge in [-0.3, -0.25) is 4.79 Å². The first kappa shape index (κ1) is 14.8. The van der Waals surface area contributed by atoms with Gasteiger partial charge in [0.15, 0.2) is 0 Å². The van der Waals surface area contributed by atoms with Crippen LogP contribution in [-0.2, 0) is 9.53 Å². The summed E-state index contributed by atoms with van der Waals surface area (Å²) in [6.45, 7) is 7.42. The van der Waals surface area contributed by atoms with E-state index in [1.807, 2.05) is 27.7 Å². The molecule has 0 aromatic carbocycles. The second-order valence-corrected chi connectivity index (χ2v) is 6.10. The fraction of sp³-hybridized carbons (Fsp3) is 0.846. The van der Waals surface area contributed by atoms with Crippen LogP contribution < -0.4 is 0 Å². The van der Waals surface area contributed by atoms with Crippen molar-refractivity contribution in [2.24, 2.45) is 11.8 Å². The molecule has 104 valence electrons. The van der Waals surface area contributed by atoms with Crippen LogP contribution in [0.5, 0.6) is 0 Å². The Kier molecular flexibility index (Phi) is 4.24. The Morgan fingerprint density at radius 2 is 1.83 bits per heavy atom. The van der Waals surface area contributed by atoms with Gasteiger partial charge in [-0.2, -0.15) is 0 Å². The molecule has 0 aromatic heterocycles. The minimum absolute atomic E-state index is 0.00968. The van der Waals surface area contributed by atoms with Crippen LogP contribution in [-0.4, -0.2) is 40.8 Å². The molecule has 1 rings (SSSR count). The maximum absolute atomic E-state index is 11.8. The number of hydrogen-bond donors (Lipinski definition) is 1. The largest absolute Gasteiger partial charge is 0.481 e. The fourth-order valence-electron chi connectivity index (χ4n) is 2.07. The van der Waals surface area contributed by atoms with Crippen LogP contribution in [0.2, 0.25) is 0 Å². The Labute approximate surface area is 108 Å². The van der Waals surface area contributed by atoms with E-state index in [0.29, 0.717) is 12.8 Å². The van der Waals surface area contributed by atoms with Gasteiger partial charge in [-0.15, -0.1) is 0 Å². The zero-order valence-corrected chi connectivity index (χ0v) is 11.8. The van der Waals surface area contributed by atoms with E-state index in [4.69, 9.17) is 9.84 Å². The minimum atomic E-state index is -0.738. The van der Waals surface area contributed by atoms with E-state index in [9.17, 15) is 9.59 Å². The highest BCUT2D eigenvalue weighted by molar-refractivity contribution is 5.71. The predicted octanol–water partition coefficient (Wildman–Crippen LogP) is 2.35. The van der Waals surface area contributed by atoms with E-state index in [2.05, 4.69) is 0 Å². The van der Waals surface area contributed by atoms with Crippen molar-refractivity contribution in [2.75, 3.05) is 7.05 Å². The zero-order chi connectivity index (χ0) is 14.1. The summed E-state index contributed by atoms with van der Waals surface area (Å²) in [4.78, 5) is 24.1. The number of aliphatic carboxylic acids is 1. The van der Waals surface area contributed by atoms with Gasteiger partial charge < -0.3 is 14.7 Å². The number of nitrogens with zero attached hydrogens (tertiary/aromatic N) is 1. The van der Waals surface area contributed by atoms with Crippen molar-refractivity contribution in [3.8, 4) is 0 Å². The lowest BCUT2D eigenvalue weighted by molar-refractivity contribution is -0.147. The molecule has 0 heterocycles. The van der Waals surface area contributed by atoms with Crippen molar-refractivity contribution in [2.45, 2.75) is 52.2 Å². The molecular formula is C13H23NO4. The van der Waals surface area contributed by atoms with Crippen LogP contribution in [0.3, 0.4) is 0 Å². The molecule has 0 aliphatic heterocycles. The average molecular weight is 257 g/mol. The molecule has 5 heteroatoms. The summed E-state index contributed by atoms with van der Waals surface area (Å²) < 4.78 is 5.28. The van der Waals surface area contributed by atoms with Gasteiger partial charge >= 0.3 is 12.1 Å². The number of rotatable bonds is 3. The molecule has 0 saturated heterocycles. The standard InChI is InChI=1S/C13H23NO4/c1-8(9-6-10(7-9)11(15)16)14(5)12(17)18-13(2,3)4/h8-10H,6-7H2,1-5H3,(H,15,16). The van der Waals surface area contributed by atoms with E-state index in [-0.39, 0.29) is 24.0 Å². The second-order valence-electron chi connectivity index (χ2n) is 6.10. The molecule has 1 saturated carbocycles. The Hall–Kier alpha value is -1.26. The maximum Gasteiger partial charge on any atom is 0.410 e. The Morgan fingerprint density at radius 3 is 2.22 bits per heavy atom. The zero-order valence-electron chi connectivity index (χ0n) is 11.8. The summed E-state index contributed by atoms with van der Waals surface area (Å²) in [7, 11) is 1.70. The molecule has 1 fully saturated rings. The van der Waals surface area contributed by atoms with Crippen molar-refractivity contribution in [3.63, 3.8) is 0 Å². The van der Waals surface area contributed by atoms with Crippen LogP contribution >= 0.6 is 0 Å². The first-order valence-electron chi connectivity index (χ1n) is 6.30. The lowest BCUT2D eigenvalue weighted by Crippen LogP contribution is -2.47. The molecule has 1 unspecified atom stereocenters. The molecular weight excluding hydrogens is 234 g/mol. The van der Waals surface area contributed by atoms with Crippen LogP contribution in [0.25, 0.3) is 0 Å². The molecule has 0 radical (unpaired) electrons. The molecule has 1 atom stereocenters. The molecule has 1 amide bonds. The predicted molar refractivity (Wildman–Crippen MR) is 67.3 cm³/mol. The van der Waals surface area contributed by atoms with Crippen LogP contribution in [0, 0.1) is 11.8 Å². The van der Waals surface area contributed by atoms with Crippen molar-refractivity contribution >= 4 is 12.1 Å². The Balaban J connectivity index is 2.45. The molecule has 0 bridgehead atoms. The third-order valence-electron chi connectivity index (χ3n) is 3.50. The van der Waals surface area contributed by atoms with E-state index >= 15 is 0 Å². The molecule has 5 nitrogen and oxygen atoms in total. The highest BCUT2D eigenvalue weighted by atomic mass is 16.6. The number of ether oxygens (including phenoxy) is 1. The summed E-state index contributed by atoms with van der Waals surface area (Å²) in [5, 5.41) is 8.83. The summed E-state index contributed by atoms with van der Waals surface area (Å²) in [5.41, 5.74) is -0.506. The molecule has 0 aromatic rings. The number of amides is 1. The summed E-state index contributed by atoms with van der Waals surface area (Å²) >= 11 is 0. The number of carbonyl (C=O) groups is 2. The van der Waals surface area contributed by atoms with E-state index < -0.39 is 11.6 Å². The normalized spacial score (nSPS) is 24.9. The number of carbonyl (C=O) groups excluding carboxylic acids is 1. The smallest absolute Gasteiger partial charge is 0.410 e. The molecule has 1 aliphatic carbocycles. The van der Waals surface area contributed by atoms with Gasteiger partial charge in [0.05, 0.1) is 5.92 Å². The van der Waals surface area contributed by atoms with Gasteiger partial charge in [0, 0.05) is 13.1 Å². The van der Waals surface area contributed by atoms with E-state index in [1.165, 1.54) is 0 Å². The highest BCUT2D eigenvalue weighted by Crippen LogP contribution is 2.37. The van der Waals surface area contributed by atoms with Crippen LogP contribution in [0.15, 0.2) is 0 Å². The van der Waals surface area contributed by atoms with Gasteiger partial charge in [0.2, 0.25) is 0 Å². The Morgan fingerprint density at radius 1 is 1.33 bits per heavy atom. The third-order valence-corrected chi connectivity index (χ3v) is 3.50. The summed E-state index contributed by atoms with van der Waals surface area (Å²) in [6.07, 6.45) is 0.932. The van der Waals surface area contributed by atoms with Gasteiger partial charge in [-0.1, -0.05) is 0 Å². The second kappa shape index (κ2) is 5.16. The van der Waals surface area contributed by atoms with Crippen molar-refractivity contribution < 1.29 is 19.4 Å². The number of carboxylic acid groups (broad SMARTS) is 1. The Bertz CT molecular complexity index is 328. The number of carboxylic acids is 1. The van der Waals surface area contributed by atoms with Gasteiger partial charge in [-0.05, 0) is 46.5 Å². The van der Waals surface area contributed by atoms with Crippen LogP contribution in [0.4, 0.5) is 4.79 Å². The van der Waals surface area contributed by atoms with Crippen LogP contribution in [0.1, 0.15) is 40.5 Å². The first-order valence-corrected chi connectivity index (χ1v) is 6.30. The lowest BCUT2D eigenvalue weighted by Gasteiger charge is -2.40. The summed E-state index contributed by atoms with van der Waals surface area (Å²) in [6, 6.07) is 0.00968. The molecule has 0 spiro atoms. The van der Waals surface area contributed by atoms with Gasteiger partial charge in [0.1, 0.15) is 5.60 Å². The average Bonchev–Trinajstić information content (AvgIpc) is 2.10. The topological polar surface area (TPSA) is 66.8 Å². The first-order chi connectivity index (χ1) is 8.11. The van der Waals surface area contributed by atoms with E-state index in [0.717, 1.165) is 0 Å². The van der Waals surface area contributed by atoms with E-state index in [1.54, 1.807) is 11.9 Å². The van der Waals surface area contributed by atoms with Crippen molar-refractivity contribution in [1.29, 1.82) is 0 Å². The quantitative estimate of drug-likeness (QED) is 0.842. The molecule has 1 aliphatic rings. The molecule has 1 N–H and O–H groups in total. The summed E-state index contributed by atoms with van der Waals surface area (Å²) in [5.74, 6) is -0.730. The SMILES string of the molecule is CC(C1CC(C(=O)O)C1)N(C)C(=O)OC(C)(C)C. The third kappa shape index (κ3) is 3.62. The van der Waals surface area contributed by atoms with Gasteiger partial charge in [-0.25, -0.2) is 4.79 Å². The monoisotopic (exact) mass is 257 g/mol. The maximum atomic E-state index is 11.8. The number of hydrogen-bond acceptors (Lipinski definition) is 3. The van der Waals surface area contributed by atoms with Crippen molar-refractivity contribution in [3.05, 3.63) is 0 Å².